The van der Waals surface area contributed by atoms with Crippen LogP contribution >= 0.6 is 11.3 Å². The largest absolute Gasteiger partial charge is 0.479 e. The van der Waals surface area contributed by atoms with Crippen molar-refractivity contribution < 1.29 is 4.74 Å². The van der Waals surface area contributed by atoms with E-state index in [1.54, 1.807) is 24.5 Å². The molecule has 96 valence electrons. The van der Waals surface area contributed by atoms with Gasteiger partial charge in [0.15, 0.2) is 0 Å². The van der Waals surface area contributed by atoms with Gasteiger partial charge < -0.3 is 15.8 Å². The van der Waals surface area contributed by atoms with Gasteiger partial charge in [-0.25, -0.2) is 4.98 Å². The van der Waals surface area contributed by atoms with Gasteiger partial charge in [0.2, 0.25) is 5.88 Å². The fraction of sp³-hybridized carbons (Fsp3) is 0.333. The Morgan fingerprint density at radius 3 is 2.78 bits per heavy atom. The highest BCUT2D eigenvalue weighted by molar-refractivity contribution is 7.09. The first-order valence-corrected chi connectivity index (χ1v) is 6.47. The van der Waals surface area contributed by atoms with Crippen molar-refractivity contribution in [3.63, 3.8) is 0 Å². The summed E-state index contributed by atoms with van der Waals surface area (Å²) in [7, 11) is 1.55. The minimum Gasteiger partial charge on any atom is -0.479 e. The lowest BCUT2D eigenvalue weighted by Gasteiger charge is -2.13. The van der Waals surface area contributed by atoms with Crippen LogP contribution in [-0.2, 0) is 0 Å². The van der Waals surface area contributed by atoms with Crippen molar-refractivity contribution in [2.24, 2.45) is 0 Å². The van der Waals surface area contributed by atoms with Crippen molar-refractivity contribution in [1.29, 1.82) is 0 Å². The number of hydrogen-bond acceptors (Lipinski definition) is 6. The van der Waals surface area contributed by atoms with Crippen molar-refractivity contribution in [3.05, 3.63) is 28.2 Å². The second kappa shape index (κ2) is 5.22. The number of nitrogens with zero attached hydrogens (tertiary/aromatic N) is 2. The third-order valence-electron chi connectivity index (χ3n) is 2.45. The number of anilines is 2. The monoisotopic (exact) mass is 264 g/mol. The molecular weight excluding hydrogens is 248 g/mol. The molecule has 0 bridgehead atoms. The van der Waals surface area contributed by atoms with Crippen molar-refractivity contribution in [1.82, 2.24) is 9.97 Å². The average Bonchev–Trinajstić information content (AvgIpc) is 2.78. The predicted octanol–water partition coefficient (Wildman–Crippen LogP) is 2.61. The summed E-state index contributed by atoms with van der Waals surface area (Å²) in [5.41, 5.74) is 7.28. The molecule has 0 aromatic carbocycles. The Balaban J connectivity index is 2.14. The quantitative estimate of drug-likeness (QED) is 0.888. The van der Waals surface area contributed by atoms with E-state index in [4.69, 9.17) is 10.5 Å². The van der Waals surface area contributed by atoms with Gasteiger partial charge in [-0.2, -0.15) is 4.98 Å². The van der Waals surface area contributed by atoms with Crippen LogP contribution < -0.4 is 15.8 Å². The molecule has 0 saturated heterocycles. The normalized spacial score (nSPS) is 12.2. The molecule has 2 rings (SSSR count). The van der Waals surface area contributed by atoms with Crippen LogP contribution in [0.5, 0.6) is 5.88 Å². The van der Waals surface area contributed by atoms with Crippen LogP contribution in [0, 0.1) is 6.92 Å². The zero-order valence-corrected chi connectivity index (χ0v) is 11.4. The number of nitrogen functional groups attached to an aromatic ring is 1. The summed E-state index contributed by atoms with van der Waals surface area (Å²) in [6, 6.07) is 3.70. The van der Waals surface area contributed by atoms with Crippen molar-refractivity contribution in [2.75, 3.05) is 18.2 Å². The van der Waals surface area contributed by atoms with E-state index < -0.39 is 0 Å². The molecular formula is C12H16N4OS. The maximum Gasteiger partial charge on any atom is 0.238 e. The molecule has 3 N–H and O–H groups in total. The Morgan fingerprint density at radius 2 is 2.17 bits per heavy atom. The number of aryl methyl sites for hydroxylation is 1. The Hall–Kier alpha value is -1.82. The van der Waals surface area contributed by atoms with Crippen LogP contribution in [0.3, 0.4) is 0 Å². The molecule has 0 aliphatic rings. The van der Waals surface area contributed by atoms with Crippen LogP contribution in [0.2, 0.25) is 0 Å². The lowest BCUT2D eigenvalue weighted by molar-refractivity contribution is 0.400. The second-order valence-electron chi connectivity index (χ2n) is 3.99. The van der Waals surface area contributed by atoms with Gasteiger partial charge in [0.25, 0.3) is 0 Å². The molecule has 6 heteroatoms. The fourth-order valence-corrected chi connectivity index (χ4v) is 2.35. The van der Waals surface area contributed by atoms with E-state index >= 15 is 0 Å². The molecule has 1 unspecified atom stereocenters. The lowest BCUT2D eigenvalue weighted by Crippen LogP contribution is -2.08. The number of methoxy groups -OCH3 is 1. The summed E-state index contributed by atoms with van der Waals surface area (Å²) in [5, 5.41) is 6.34. The van der Waals surface area contributed by atoms with Crippen LogP contribution in [0.1, 0.15) is 23.7 Å². The average molecular weight is 264 g/mol. The van der Waals surface area contributed by atoms with Crippen molar-refractivity contribution in [2.45, 2.75) is 19.9 Å². The van der Waals surface area contributed by atoms with Gasteiger partial charge in [0.1, 0.15) is 10.8 Å². The molecule has 0 spiro atoms. The standard InChI is InChI=1S/C12H16N4OS/c1-7-6-18-12(14-7)8(2)15-10-5-4-9(13)11(16-10)17-3/h4-6,8H,13H2,1-3H3,(H,15,16). The third-order valence-corrected chi connectivity index (χ3v) is 3.60. The Morgan fingerprint density at radius 1 is 1.39 bits per heavy atom. The fourth-order valence-electron chi connectivity index (χ4n) is 1.55. The van der Waals surface area contributed by atoms with E-state index in [-0.39, 0.29) is 6.04 Å². The predicted molar refractivity (Wildman–Crippen MR) is 74.1 cm³/mol. The topological polar surface area (TPSA) is 73.1 Å². The van der Waals surface area contributed by atoms with Gasteiger partial charge in [-0.1, -0.05) is 0 Å². The molecule has 5 nitrogen and oxygen atoms in total. The minimum absolute atomic E-state index is 0.101. The van der Waals surface area contributed by atoms with Crippen LogP contribution in [-0.4, -0.2) is 17.1 Å². The molecule has 2 heterocycles. The summed E-state index contributed by atoms with van der Waals surface area (Å²) in [5.74, 6) is 1.16. The maximum absolute atomic E-state index is 5.72. The number of nitrogens with two attached hydrogens (primary N) is 1. The molecule has 0 radical (unpaired) electrons. The summed E-state index contributed by atoms with van der Waals surface area (Å²) in [4.78, 5) is 8.72. The third kappa shape index (κ3) is 2.70. The van der Waals surface area contributed by atoms with Crippen LogP contribution in [0.4, 0.5) is 11.5 Å². The number of hydrogen-bond donors (Lipinski definition) is 2. The van der Waals surface area contributed by atoms with Crippen molar-refractivity contribution in [3.8, 4) is 5.88 Å². The number of pyridine rings is 1. The van der Waals surface area contributed by atoms with Crippen LogP contribution in [0.25, 0.3) is 0 Å². The van der Waals surface area contributed by atoms with E-state index in [9.17, 15) is 0 Å². The van der Waals surface area contributed by atoms with Gasteiger partial charge in [0.05, 0.1) is 18.8 Å². The maximum atomic E-state index is 5.72. The molecule has 0 fully saturated rings. The summed E-state index contributed by atoms with van der Waals surface area (Å²) in [6.45, 7) is 4.03. The number of rotatable bonds is 4. The Kier molecular flexibility index (Phi) is 3.66. The first kappa shape index (κ1) is 12.6. The summed E-state index contributed by atoms with van der Waals surface area (Å²) >= 11 is 1.63. The molecule has 18 heavy (non-hydrogen) atoms. The highest BCUT2D eigenvalue weighted by atomic mass is 32.1. The first-order chi connectivity index (χ1) is 8.60. The Labute approximate surface area is 110 Å². The molecule has 2 aromatic heterocycles. The van der Waals surface area contributed by atoms with Gasteiger partial charge >= 0.3 is 0 Å². The first-order valence-electron chi connectivity index (χ1n) is 5.59. The minimum atomic E-state index is 0.101. The zero-order valence-electron chi connectivity index (χ0n) is 10.6. The highest BCUT2D eigenvalue weighted by Gasteiger charge is 2.11. The smallest absolute Gasteiger partial charge is 0.238 e. The zero-order chi connectivity index (χ0) is 13.1. The molecule has 1 atom stereocenters. The van der Waals surface area contributed by atoms with Crippen LogP contribution in [0.15, 0.2) is 17.5 Å². The van der Waals surface area contributed by atoms with Gasteiger partial charge in [-0.05, 0) is 26.0 Å². The summed E-state index contributed by atoms with van der Waals surface area (Å²) in [6.07, 6.45) is 0. The van der Waals surface area contributed by atoms with Gasteiger partial charge in [0, 0.05) is 11.1 Å². The summed E-state index contributed by atoms with van der Waals surface area (Å²) < 4.78 is 5.09. The van der Waals surface area contributed by atoms with E-state index in [1.807, 2.05) is 25.3 Å². The molecule has 0 aliphatic carbocycles. The van der Waals surface area contributed by atoms with E-state index in [0.717, 1.165) is 16.5 Å². The van der Waals surface area contributed by atoms with E-state index in [0.29, 0.717) is 11.6 Å². The molecule has 0 saturated carbocycles. The Bertz CT molecular complexity index is 541. The highest BCUT2D eigenvalue weighted by Crippen LogP contribution is 2.25. The number of nitrogens with one attached hydrogen (secondary N) is 1. The molecule has 2 aromatic rings. The number of thiazole rings is 1. The van der Waals surface area contributed by atoms with Gasteiger partial charge in [-0.15, -0.1) is 11.3 Å². The van der Waals surface area contributed by atoms with Gasteiger partial charge in [-0.3, -0.25) is 0 Å². The van der Waals surface area contributed by atoms with E-state index in [2.05, 4.69) is 15.3 Å². The number of aromatic nitrogens is 2. The van der Waals surface area contributed by atoms with E-state index in [1.165, 1.54) is 0 Å². The molecule has 0 aliphatic heterocycles. The molecule has 0 amide bonds. The lowest BCUT2D eigenvalue weighted by atomic mass is 10.3. The SMILES string of the molecule is COc1nc(NC(C)c2nc(C)cs2)ccc1N. The van der Waals surface area contributed by atoms with Crippen molar-refractivity contribution >= 4 is 22.8 Å². The second-order valence-corrected chi connectivity index (χ2v) is 4.88. The number of ether oxygens (including phenoxy) is 1.